The largest absolute Gasteiger partial charge is 0.219 e. The van der Waals surface area contributed by atoms with E-state index in [-0.39, 0.29) is 11.0 Å². The minimum absolute atomic E-state index is 0.0720. The van der Waals surface area contributed by atoms with E-state index >= 15 is 0 Å². The van der Waals surface area contributed by atoms with Crippen LogP contribution in [0.2, 0.25) is 0 Å². The molecule has 0 N–H and O–H groups in total. The molecule has 1 spiro atoms. The van der Waals surface area contributed by atoms with E-state index in [1.54, 1.807) is 11.1 Å². The molecule has 0 radical (unpaired) electrons. The average Bonchev–Trinajstić information content (AvgIpc) is 3.22. The number of hydrogen-bond acceptors (Lipinski definition) is 0. The van der Waals surface area contributed by atoms with Crippen molar-refractivity contribution in [2.45, 2.75) is 91.5 Å². The summed E-state index contributed by atoms with van der Waals surface area (Å²) in [5.41, 5.74) is 13.1. The summed E-state index contributed by atoms with van der Waals surface area (Å²) in [7, 11) is 0. The SMILES string of the molecule is CCC(CC)C1=CC2(CC(C(CC)CC)=C1)c1ccc3cccc4c3c1-c1c(cc3ccc(C)cc3[n+]12)C4(C)C. The monoisotopic (exact) mass is 526 g/mol. The normalized spacial score (nSPS) is 20.2. The Labute approximate surface area is 240 Å². The molecule has 0 fully saturated rings. The van der Waals surface area contributed by atoms with Crippen LogP contribution < -0.4 is 4.57 Å². The molecule has 2 aliphatic carbocycles. The van der Waals surface area contributed by atoms with Crippen molar-refractivity contribution in [3.63, 3.8) is 0 Å². The summed E-state index contributed by atoms with van der Waals surface area (Å²) in [5.74, 6) is 1.21. The van der Waals surface area contributed by atoms with E-state index in [4.69, 9.17) is 0 Å². The van der Waals surface area contributed by atoms with Gasteiger partial charge in [-0.05, 0) is 84.7 Å². The van der Waals surface area contributed by atoms with Gasteiger partial charge < -0.3 is 0 Å². The van der Waals surface area contributed by atoms with Crippen molar-refractivity contribution in [2.24, 2.45) is 11.8 Å². The molecule has 1 nitrogen and oxygen atoms in total. The number of rotatable bonds is 6. The van der Waals surface area contributed by atoms with Gasteiger partial charge in [-0.25, -0.2) is 0 Å². The molecule has 40 heavy (non-hydrogen) atoms. The number of nitrogens with zero attached hydrogens (tertiary/aromatic N) is 1. The Bertz CT molecular complexity index is 1760. The zero-order valence-corrected chi connectivity index (χ0v) is 25.5. The lowest BCUT2D eigenvalue weighted by Crippen LogP contribution is -2.56. The van der Waals surface area contributed by atoms with E-state index < -0.39 is 0 Å². The second-order valence-electron chi connectivity index (χ2n) is 13.3. The fraction of sp³-hybridized carbons (Fsp3) is 0.410. The van der Waals surface area contributed by atoms with Crippen LogP contribution in [0.15, 0.2) is 77.9 Å². The first-order valence-electron chi connectivity index (χ1n) is 15.8. The molecular formula is C39H44N+. The fourth-order valence-corrected chi connectivity index (χ4v) is 8.68. The molecule has 3 aromatic carbocycles. The van der Waals surface area contributed by atoms with Crippen LogP contribution in [0.1, 0.15) is 95.9 Å². The summed E-state index contributed by atoms with van der Waals surface area (Å²) in [6, 6.07) is 21.5. The lowest BCUT2D eigenvalue weighted by Gasteiger charge is -2.34. The first-order chi connectivity index (χ1) is 19.3. The fourth-order valence-electron chi connectivity index (χ4n) is 8.68. The zero-order valence-electron chi connectivity index (χ0n) is 25.5. The third-order valence-corrected chi connectivity index (χ3v) is 10.9. The summed E-state index contributed by atoms with van der Waals surface area (Å²) in [5, 5.41) is 4.21. The average molecular weight is 527 g/mol. The van der Waals surface area contributed by atoms with Crippen molar-refractivity contribution in [1.82, 2.24) is 0 Å². The van der Waals surface area contributed by atoms with Crippen molar-refractivity contribution in [3.05, 3.63) is 100 Å². The van der Waals surface area contributed by atoms with Gasteiger partial charge in [0.05, 0.1) is 5.56 Å². The van der Waals surface area contributed by atoms with Crippen molar-refractivity contribution < 1.29 is 4.57 Å². The molecule has 1 atom stereocenters. The molecule has 4 aromatic rings. The highest BCUT2D eigenvalue weighted by atomic mass is 15.1. The van der Waals surface area contributed by atoms with E-state index in [0.29, 0.717) is 11.8 Å². The van der Waals surface area contributed by atoms with E-state index in [0.717, 1.165) is 6.42 Å². The number of pyridine rings is 1. The predicted molar refractivity (Wildman–Crippen MR) is 170 cm³/mol. The van der Waals surface area contributed by atoms with Crippen molar-refractivity contribution >= 4 is 21.7 Å². The molecular weight excluding hydrogens is 482 g/mol. The molecule has 0 amide bonds. The van der Waals surface area contributed by atoms with Crippen LogP contribution in [-0.2, 0) is 11.0 Å². The first kappa shape index (κ1) is 25.8. The Morgan fingerprint density at radius 2 is 1.50 bits per heavy atom. The maximum atomic E-state index is 2.82. The third kappa shape index (κ3) is 3.24. The Hall–Kier alpha value is -3.19. The topological polar surface area (TPSA) is 3.88 Å². The Kier molecular flexibility index (Phi) is 5.73. The van der Waals surface area contributed by atoms with Crippen molar-refractivity contribution in [1.29, 1.82) is 0 Å². The van der Waals surface area contributed by atoms with Crippen LogP contribution in [-0.4, -0.2) is 0 Å². The molecule has 3 aliphatic rings. The number of benzene rings is 3. The molecule has 204 valence electrons. The van der Waals surface area contributed by atoms with Crippen molar-refractivity contribution in [2.75, 3.05) is 0 Å². The van der Waals surface area contributed by atoms with E-state index in [9.17, 15) is 0 Å². The van der Waals surface area contributed by atoms with Gasteiger partial charge in [0.15, 0.2) is 0 Å². The molecule has 0 bridgehead atoms. The van der Waals surface area contributed by atoms with Gasteiger partial charge in [0.2, 0.25) is 16.7 Å². The van der Waals surface area contributed by atoms with Gasteiger partial charge in [0.1, 0.15) is 0 Å². The summed E-state index contributed by atoms with van der Waals surface area (Å²) >= 11 is 0. The van der Waals surface area contributed by atoms with Crippen LogP contribution >= 0.6 is 0 Å². The maximum absolute atomic E-state index is 2.82. The van der Waals surface area contributed by atoms with Crippen LogP contribution in [0.5, 0.6) is 0 Å². The predicted octanol–water partition coefficient (Wildman–Crippen LogP) is 10.1. The number of hydrogen-bond donors (Lipinski definition) is 0. The van der Waals surface area contributed by atoms with Gasteiger partial charge in [-0.15, -0.1) is 0 Å². The lowest BCUT2D eigenvalue weighted by molar-refractivity contribution is -0.703. The standard InChI is InChI=1S/C39H44N/c1-8-25(9-2)29-20-30(26(10-3)11-4)23-39(22-29)32-18-17-27-13-12-14-31-35(27)36(32)37-33(38(31,6)7)21-28-16-15-24(5)19-34(28)40(37)39/h12-22,25-26H,8-11,23H2,1-7H3/q+1. The summed E-state index contributed by atoms with van der Waals surface area (Å²) < 4.78 is 2.82. The van der Waals surface area contributed by atoms with E-state index in [1.807, 2.05) is 0 Å². The minimum Gasteiger partial charge on any atom is -0.177 e. The third-order valence-electron chi connectivity index (χ3n) is 10.9. The maximum Gasteiger partial charge on any atom is 0.219 e. The molecule has 2 heterocycles. The highest BCUT2D eigenvalue weighted by Crippen LogP contribution is 2.57. The first-order valence-corrected chi connectivity index (χ1v) is 15.8. The van der Waals surface area contributed by atoms with Gasteiger partial charge in [-0.1, -0.05) is 89.6 Å². The van der Waals surface area contributed by atoms with E-state index in [1.165, 1.54) is 80.9 Å². The highest BCUT2D eigenvalue weighted by Gasteiger charge is 2.57. The van der Waals surface area contributed by atoms with Crippen molar-refractivity contribution in [3.8, 4) is 11.3 Å². The molecule has 0 saturated carbocycles. The van der Waals surface area contributed by atoms with Crippen LogP contribution in [0.4, 0.5) is 0 Å². The number of fused-ring (bicyclic) bond motifs is 4. The van der Waals surface area contributed by atoms with E-state index in [2.05, 4.69) is 120 Å². The van der Waals surface area contributed by atoms with Crippen LogP contribution in [0, 0.1) is 18.8 Å². The lowest BCUT2D eigenvalue weighted by atomic mass is 9.68. The smallest absolute Gasteiger partial charge is 0.177 e. The molecule has 1 unspecified atom stereocenters. The molecule has 7 rings (SSSR count). The number of aryl methyl sites for hydroxylation is 1. The molecule has 1 aliphatic heterocycles. The minimum atomic E-state index is -0.209. The molecule has 1 heteroatoms. The zero-order chi connectivity index (χ0) is 28.0. The number of aromatic nitrogens is 1. The Morgan fingerprint density at radius 3 is 2.23 bits per heavy atom. The van der Waals surface area contributed by atoms with Crippen LogP contribution in [0.3, 0.4) is 0 Å². The summed E-state index contributed by atoms with van der Waals surface area (Å²) in [4.78, 5) is 0. The van der Waals surface area contributed by atoms with Gasteiger partial charge in [-0.3, -0.25) is 0 Å². The Morgan fingerprint density at radius 1 is 0.775 bits per heavy atom. The quantitative estimate of drug-likeness (QED) is 0.220. The highest BCUT2D eigenvalue weighted by molar-refractivity contribution is 6.05. The van der Waals surface area contributed by atoms with Crippen LogP contribution in [0.25, 0.3) is 32.9 Å². The summed E-state index contributed by atoms with van der Waals surface area (Å²) in [6.07, 6.45) is 11.2. The van der Waals surface area contributed by atoms with Gasteiger partial charge in [0, 0.05) is 39.8 Å². The molecule has 0 saturated heterocycles. The summed E-state index contributed by atoms with van der Waals surface area (Å²) in [6.45, 7) is 16.7. The van der Waals surface area contributed by atoms with Gasteiger partial charge in [0.25, 0.3) is 0 Å². The second-order valence-corrected chi connectivity index (χ2v) is 13.3. The second kappa shape index (κ2) is 8.90. The van der Waals surface area contributed by atoms with Gasteiger partial charge in [-0.2, -0.15) is 4.57 Å². The molecule has 1 aromatic heterocycles. The van der Waals surface area contributed by atoms with Gasteiger partial charge >= 0.3 is 0 Å². The number of allylic oxidation sites excluding steroid dienone is 4. The Balaban J connectivity index is 1.69.